The molecule has 1 aromatic heterocycles. The molecular weight excluding hydrogens is 310 g/mol. The van der Waals surface area contributed by atoms with Crippen LogP contribution in [0.3, 0.4) is 0 Å². The molecule has 1 unspecified atom stereocenters. The fourth-order valence-corrected chi connectivity index (χ4v) is 3.96. The van der Waals surface area contributed by atoms with Gasteiger partial charge in [-0.25, -0.2) is 0 Å². The molecule has 0 spiro atoms. The summed E-state index contributed by atoms with van der Waals surface area (Å²) < 4.78 is 1.12. The largest absolute Gasteiger partial charge is 0.355 e. The summed E-state index contributed by atoms with van der Waals surface area (Å²) >= 11 is 1.58. The molecule has 0 bridgehead atoms. The first-order valence-corrected chi connectivity index (χ1v) is 8.82. The van der Waals surface area contributed by atoms with Gasteiger partial charge in [0, 0.05) is 41.6 Å². The van der Waals surface area contributed by atoms with E-state index in [1.807, 2.05) is 34.5 Å². The van der Waals surface area contributed by atoms with Crippen LogP contribution in [0.4, 0.5) is 0 Å². The molecule has 3 rings (SSSR count). The van der Waals surface area contributed by atoms with Crippen molar-refractivity contribution in [2.24, 2.45) is 11.7 Å². The van der Waals surface area contributed by atoms with Crippen molar-refractivity contribution < 1.29 is 9.59 Å². The Kier molecular flexibility index (Phi) is 4.93. The molecule has 0 radical (unpaired) electrons. The zero-order valence-electron chi connectivity index (χ0n) is 13.0. The summed E-state index contributed by atoms with van der Waals surface area (Å²) in [6.07, 6.45) is 1.68. The van der Waals surface area contributed by atoms with Crippen LogP contribution in [0.1, 0.15) is 23.2 Å². The smallest absolute Gasteiger partial charge is 0.255 e. The highest BCUT2D eigenvalue weighted by Crippen LogP contribution is 2.28. The number of hydrogen-bond acceptors (Lipinski definition) is 4. The summed E-state index contributed by atoms with van der Waals surface area (Å²) in [5.41, 5.74) is 6.16. The number of hydrogen-bond donors (Lipinski definition) is 2. The molecule has 0 saturated carbocycles. The molecule has 3 N–H and O–H groups in total. The highest BCUT2D eigenvalue weighted by Gasteiger charge is 2.29. The zero-order chi connectivity index (χ0) is 16.2. The maximum Gasteiger partial charge on any atom is 0.255 e. The second-order valence-electron chi connectivity index (χ2n) is 5.82. The van der Waals surface area contributed by atoms with Gasteiger partial charge in [0.05, 0.1) is 11.5 Å². The number of fused-ring (bicyclic) bond motifs is 1. The van der Waals surface area contributed by atoms with E-state index in [0.29, 0.717) is 26.2 Å². The summed E-state index contributed by atoms with van der Waals surface area (Å²) in [7, 11) is 0. The lowest BCUT2D eigenvalue weighted by Gasteiger charge is -2.32. The first-order chi connectivity index (χ1) is 11.2. The fourth-order valence-electron chi connectivity index (χ4n) is 3.03. The van der Waals surface area contributed by atoms with E-state index >= 15 is 0 Å². The molecule has 1 aliphatic rings. The Labute approximate surface area is 139 Å². The fraction of sp³-hybridized carbons (Fsp3) is 0.412. The number of likely N-dealkylation sites (tertiary alicyclic amines) is 1. The number of carbonyl (C=O) groups is 2. The minimum absolute atomic E-state index is 0.00290. The van der Waals surface area contributed by atoms with E-state index in [2.05, 4.69) is 5.32 Å². The number of carbonyl (C=O) groups excluding carboxylic acids is 2. The van der Waals surface area contributed by atoms with Gasteiger partial charge in [0.2, 0.25) is 5.91 Å². The topological polar surface area (TPSA) is 75.4 Å². The normalized spacial score (nSPS) is 18.1. The minimum atomic E-state index is -0.135. The van der Waals surface area contributed by atoms with Crippen molar-refractivity contribution in [3.05, 3.63) is 35.2 Å². The minimum Gasteiger partial charge on any atom is -0.355 e. The first-order valence-electron chi connectivity index (χ1n) is 7.94. The molecule has 122 valence electrons. The predicted molar refractivity (Wildman–Crippen MR) is 92.5 cm³/mol. The molecule has 5 nitrogen and oxygen atoms in total. The maximum atomic E-state index is 12.8. The van der Waals surface area contributed by atoms with Crippen LogP contribution in [0, 0.1) is 5.92 Å². The molecule has 2 aromatic rings. The van der Waals surface area contributed by atoms with Gasteiger partial charge >= 0.3 is 0 Å². The van der Waals surface area contributed by atoms with Crippen LogP contribution in [-0.4, -0.2) is 42.9 Å². The highest BCUT2D eigenvalue weighted by atomic mass is 32.1. The molecule has 1 fully saturated rings. The lowest BCUT2D eigenvalue weighted by molar-refractivity contribution is -0.126. The van der Waals surface area contributed by atoms with Crippen LogP contribution in [0.15, 0.2) is 29.6 Å². The first kappa shape index (κ1) is 16.0. The van der Waals surface area contributed by atoms with Crippen molar-refractivity contribution in [3.8, 4) is 0 Å². The molecule has 2 amide bonds. The van der Waals surface area contributed by atoms with E-state index < -0.39 is 0 Å². The monoisotopic (exact) mass is 331 g/mol. The van der Waals surface area contributed by atoms with Crippen LogP contribution >= 0.6 is 11.3 Å². The average Bonchev–Trinajstić information content (AvgIpc) is 3.03. The predicted octanol–water partition coefficient (Wildman–Crippen LogP) is 1.83. The van der Waals surface area contributed by atoms with E-state index in [0.717, 1.165) is 28.5 Å². The summed E-state index contributed by atoms with van der Waals surface area (Å²) in [6.45, 7) is 2.11. The van der Waals surface area contributed by atoms with Gasteiger partial charge in [-0.3, -0.25) is 9.59 Å². The molecule has 23 heavy (non-hydrogen) atoms. The van der Waals surface area contributed by atoms with Gasteiger partial charge in [-0.1, -0.05) is 18.2 Å². The Bertz CT molecular complexity index is 713. The average molecular weight is 331 g/mol. The molecule has 2 heterocycles. The van der Waals surface area contributed by atoms with Crippen LogP contribution in [0.5, 0.6) is 0 Å². The number of nitrogens with one attached hydrogen (secondary N) is 1. The van der Waals surface area contributed by atoms with Crippen molar-refractivity contribution in [2.45, 2.75) is 12.8 Å². The Morgan fingerprint density at radius 1 is 1.35 bits per heavy atom. The molecule has 1 saturated heterocycles. The number of amides is 2. The van der Waals surface area contributed by atoms with E-state index in [-0.39, 0.29) is 17.7 Å². The quantitative estimate of drug-likeness (QED) is 0.897. The second kappa shape index (κ2) is 7.10. The summed E-state index contributed by atoms with van der Waals surface area (Å²) in [5, 5.41) is 5.75. The Hall–Kier alpha value is -1.92. The second-order valence-corrected chi connectivity index (χ2v) is 6.73. The third-order valence-electron chi connectivity index (χ3n) is 4.23. The zero-order valence-corrected chi connectivity index (χ0v) is 13.8. The van der Waals surface area contributed by atoms with Gasteiger partial charge in [0.1, 0.15) is 0 Å². The van der Waals surface area contributed by atoms with Gasteiger partial charge in [0.25, 0.3) is 5.91 Å². The van der Waals surface area contributed by atoms with E-state index in [1.54, 1.807) is 11.3 Å². The van der Waals surface area contributed by atoms with Crippen molar-refractivity contribution >= 4 is 33.2 Å². The lowest BCUT2D eigenvalue weighted by atomic mass is 9.96. The Morgan fingerprint density at radius 2 is 2.17 bits per heavy atom. The van der Waals surface area contributed by atoms with Crippen molar-refractivity contribution in [1.29, 1.82) is 0 Å². The van der Waals surface area contributed by atoms with Crippen molar-refractivity contribution in [1.82, 2.24) is 10.2 Å². The Morgan fingerprint density at radius 3 is 3.00 bits per heavy atom. The van der Waals surface area contributed by atoms with Crippen molar-refractivity contribution in [3.63, 3.8) is 0 Å². The van der Waals surface area contributed by atoms with Crippen LogP contribution in [0.2, 0.25) is 0 Å². The van der Waals surface area contributed by atoms with Crippen LogP contribution < -0.4 is 11.1 Å². The summed E-state index contributed by atoms with van der Waals surface area (Å²) in [4.78, 5) is 26.8. The molecule has 1 atom stereocenters. The molecular formula is C17H21N3O2S. The number of nitrogens with two attached hydrogens (primary N) is 1. The third kappa shape index (κ3) is 3.38. The molecule has 0 aliphatic carbocycles. The van der Waals surface area contributed by atoms with Gasteiger partial charge < -0.3 is 16.0 Å². The van der Waals surface area contributed by atoms with E-state index in [9.17, 15) is 9.59 Å². The van der Waals surface area contributed by atoms with Crippen molar-refractivity contribution in [2.75, 3.05) is 26.2 Å². The lowest BCUT2D eigenvalue weighted by Crippen LogP contribution is -2.46. The summed E-state index contributed by atoms with van der Waals surface area (Å²) in [5.74, 6) is -0.106. The molecule has 6 heteroatoms. The maximum absolute atomic E-state index is 12.8. The van der Waals surface area contributed by atoms with Gasteiger partial charge in [-0.05, 0) is 18.9 Å². The SMILES string of the molecule is NCCNC(=O)C1CCCN(C(=O)c2csc3ccccc23)C1. The van der Waals surface area contributed by atoms with Gasteiger partial charge in [-0.15, -0.1) is 11.3 Å². The Balaban J connectivity index is 1.73. The molecule has 1 aromatic carbocycles. The summed E-state index contributed by atoms with van der Waals surface area (Å²) in [6, 6.07) is 7.93. The molecule has 1 aliphatic heterocycles. The van der Waals surface area contributed by atoms with Crippen LogP contribution in [-0.2, 0) is 4.79 Å². The number of nitrogens with zero attached hydrogens (tertiary/aromatic N) is 1. The number of thiophene rings is 1. The van der Waals surface area contributed by atoms with Gasteiger partial charge in [0.15, 0.2) is 0 Å². The number of benzene rings is 1. The van der Waals surface area contributed by atoms with E-state index in [4.69, 9.17) is 5.73 Å². The third-order valence-corrected chi connectivity index (χ3v) is 5.20. The van der Waals surface area contributed by atoms with Crippen LogP contribution in [0.25, 0.3) is 10.1 Å². The number of rotatable bonds is 4. The van der Waals surface area contributed by atoms with Gasteiger partial charge in [-0.2, -0.15) is 0 Å². The number of piperidine rings is 1. The van der Waals surface area contributed by atoms with E-state index in [1.165, 1.54) is 0 Å². The standard InChI is InChI=1S/C17H21N3O2S/c18-7-8-19-16(21)12-4-3-9-20(10-12)17(22)14-11-23-15-6-2-1-5-13(14)15/h1-2,5-6,11-12H,3-4,7-10,18H2,(H,19,21). The highest BCUT2D eigenvalue weighted by molar-refractivity contribution is 7.17.